The van der Waals surface area contributed by atoms with Gasteiger partial charge in [0.15, 0.2) is 0 Å². The molecule has 0 N–H and O–H groups in total. The Labute approximate surface area is 101 Å². The van der Waals surface area contributed by atoms with Crippen LogP contribution in [0, 0.1) is 11.3 Å². The van der Waals surface area contributed by atoms with Gasteiger partial charge in [-0.25, -0.2) is 4.98 Å². The van der Waals surface area contributed by atoms with Crippen molar-refractivity contribution in [3.8, 4) is 6.07 Å². The predicted molar refractivity (Wildman–Crippen MR) is 65.5 cm³/mol. The van der Waals surface area contributed by atoms with Gasteiger partial charge in [0, 0.05) is 30.7 Å². The average molecular weight is 235 g/mol. The van der Waals surface area contributed by atoms with Crippen molar-refractivity contribution in [2.24, 2.45) is 0 Å². The van der Waals surface area contributed by atoms with Gasteiger partial charge in [-0.05, 0) is 26.4 Å². The number of nitriles is 1. The fourth-order valence-corrected chi connectivity index (χ4v) is 3.04. The fourth-order valence-electron chi connectivity index (χ4n) is 2.12. The molecule has 0 bridgehead atoms. The first-order chi connectivity index (χ1) is 7.79. The molecule has 16 heavy (non-hydrogen) atoms. The highest BCUT2D eigenvalue weighted by Crippen LogP contribution is 2.27. The molecule has 1 aromatic heterocycles. The third-order valence-electron chi connectivity index (χ3n) is 3.06. The van der Waals surface area contributed by atoms with Gasteiger partial charge in [-0.15, -0.1) is 11.3 Å². The summed E-state index contributed by atoms with van der Waals surface area (Å²) < 4.78 is 0. The predicted octanol–water partition coefficient (Wildman–Crippen LogP) is 2.41. The molecular formula is C12H17N3S. The number of aromatic nitrogens is 1. The number of hydrogen-bond acceptors (Lipinski definition) is 4. The normalized spacial score (nSPS) is 21.1. The van der Waals surface area contributed by atoms with Crippen LogP contribution in [0.4, 0.5) is 0 Å². The van der Waals surface area contributed by atoms with E-state index in [1.165, 1.54) is 23.7 Å². The molecule has 0 radical (unpaired) electrons. The van der Waals surface area contributed by atoms with Crippen molar-refractivity contribution in [2.45, 2.75) is 31.6 Å². The number of rotatable bonds is 4. The Kier molecular flexibility index (Phi) is 3.92. The quantitative estimate of drug-likeness (QED) is 0.752. The standard InChI is InChI=1S/C12H17N3S/c1-15-7-5-10(8-15)11-9-16-12(14-11)4-2-3-6-13/h9-10H,2-5,7-8H2,1H3. The van der Waals surface area contributed by atoms with Crippen LogP contribution >= 0.6 is 11.3 Å². The monoisotopic (exact) mass is 235 g/mol. The van der Waals surface area contributed by atoms with Crippen molar-refractivity contribution >= 4 is 11.3 Å². The minimum Gasteiger partial charge on any atom is -0.306 e. The second-order valence-corrected chi connectivity index (χ2v) is 5.37. The van der Waals surface area contributed by atoms with Crippen molar-refractivity contribution < 1.29 is 0 Å². The summed E-state index contributed by atoms with van der Waals surface area (Å²) in [7, 11) is 2.17. The molecule has 1 unspecified atom stereocenters. The number of unbranched alkanes of at least 4 members (excludes halogenated alkanes) is 1. The van der Waals surface area contributed by atoms with Gasteiger partial charge in [0.05, 0.1) is 16.8 Å². The Morgan fingerprint density at radius 1 is 1.69 bits per heavy atom. The van der Waals surface area contributed by atoms with Gasteiger partial charge in [0.2, 0.25) is 0 Å². The van der Waals surface area contributed by atoms with Crippen LogP contribution in [0.25, 0.3) is 0 Å². The number of thiazole rings is 1. The van der Waals surface area contributed by atoms with Crippen LogP contribution in [0.5, 0.6) is 0 Å². The van der Waals surface area contributed by atoms with Gasteiger partial charge >= 0.3 is 0 Å². The zero-order valence-electron chi connectivity index (χ0n) is 9.65. The summed E-state index contributed by atoms with van der Waals surface area (Å²) in [4.78, 5) is 7.04. The SMILES string of the molecule is CN1CCC(c2csc(CCCC#N)n2)C1. The van der Waals surface area contributed by atoms with E-state index in [9.17, 15) is 0 Å². The summed E-state index contributed by atoms with van der Waals surface area (Å²) >= 11 is 1.75. The smallest absolute Gasteiger partial charge is 0.0928 e. The van der Waals surface area contributed by atoms with Crippen LogP contribution in [0.2, 0.25) is 0 Å². The Hall–Kier alpha value is -0.920. The van der Waals surface area contributed by atoms with E-state index < -0.39 is 0 Å². The highest BCUT2D eigenvalue weighted by atomic mass is 32.1. The van der Waals surface area contributed by atoms with E-state index in [1.54, 1.807) is 11.3 Å². The van der Waals surface area contributed by atoms with Gasteiger partial charge in [0.1, 0.15) is 0 Å². The van der Waals surface area contributed by atoms with Gasteiger partial charge in [0.25, 0.3) is 0 Å². The molecule has 1 saturated heterocycles. The molecule has 1 atom stereocenters. The second-order valence-electron chi connectivity index (χ2n) is 4.43. The maximum atomic E-state index is 8.48. The molecular weight excluding hydrogens is 218 g/mol. The lowest BCUT2D eigenvalue weighted by Gasteiger charge is -2.06. The van der Waals surface area contributed by atoms with E-state index >= 15 is 0 Å². The molecule has 0 aromatic carbocycles. The van der Waals surface area contributed by atoms with Crippen molar-refractivity contribution in [3.05, 3.63) is 16.1 Å². The van der Waals surface area contributed by atoms with Crippen LogP contribution in [-0.2, 0) is 6.42 Å². The molecule has 1 aliphatic rings. The number of likely N-dealkylation sites (N-methyl/N-ethyl adjacent to an activating group) is 1. The van der Waals surface area contributed by atoms with Gasteiger partial charge in [-0.2, -0.15) is 5.26 Å². The van der Waals surface area contributed by atoms with Crippen molar-refractivity contribution in [1.82, 2.24) is 9.88 Å². The summed E-state index contributed by atoms with van der Waals surface area (Å²) in [6.45, 7) is 2.33. The van der Waals surface area contributed by atoms with Gasteiger partial charge < -0.3 is 4.90 Å². The molecule has 0 saturated carbocycles. The molecule has 0 aliphatic carbocycles. The minimum atomic E-state index is 0.631. The second kappa shape index (κ2) is 5.42. The lowest BCUT2D eigenvalue weighted by molar-refractivity contribution is 0.411. The van der Waals surface area contributed by atoms with Gasteiger partial charge in [-0.1, -0.05) is 0 Å². The van der Waals surface area contributed by atoms with Crippen LogP contribution in [-0.4, -0.2) is 30.0 Å². The number of nitrogens with zero attached hydrogens (tertiary/aromatic N) is 3. The van der Waals surface area contributed by atoms with Gasteiger partial charge in [-0.3, -0.25) is 0 Å². The lowest BCUT2D eigenvalue weighted by Crippen LogP contribution is -2.13. The average Bonchev–Trinajstić information content (AvgIpc) is 2.87. The minimum absolute atomic E-state index is 0.631. The van der Waals surface area contributed by atoms with E-state index in [-0.39, 0.29) is 0 Å². The van der Waals surface area contributed by atoms with E-state index in [4.69, 9.17) is 5.26 Å². The molecule has 1 fully saturated rings. The van der Waals surface area contributed by atoms with Crippen LogP contribution in [0.3, 0.4) is 0 Å². The third-order valence-corrected chi connectivity index (χ3v) is 3.99. The first-order valence-electron chi connectivity index (χ1n) is 5.79. The van der Waals surface area contributed by atoms with Crippen molar-refractivity contribution in [1.29, 1.82) is 5.26 Å². The Balaban J connectivity index is 1.90. The summed E-state index contributed by atoms with van der Waals surface area (Å²) in [6, 6.07) is 2.18. The molecule has 4 heteroatoms. The largest absolute Gasteiger partial charge is 0.306 e. The van der Waals surface area contributed by atoms with Crippen LogP contribution in [0.1, 0.15) is 35.9 Å². The molecule has 2 heterocycles. The summed E-state index contributed by atoms with van der Waals surface area (Å²) in [5.74, 6) is 0.631. The van der Waals surface area contributed by atoms with E-state index in [1.807, 2.05) is 0 Å². The first kappa shape index (κ1) is 11.6. The summed E-state index contributed by atoms with van der Waals surface area (Å²) in [5, 5.41) is 11.9. The molecule has 3 nitrogen and oxygen atoms in total. The zero-order valence-corrected chi connectivity index (χ0v) is 10.5. The fraction of sp³-hybridized carbons (Fsp3) is 0.667. The molecule has 86 valence electrons. The van der Waals surface area contributed by atoms with Crippen LogP contribution < -0.4 is 0 Å². The number of likely N-dealkylation sites (tertiary alicyclic amines) is 1. The maximum Gasteiger partial charge on any atom is 0.0928 e. The van der Waals surface area contributed by atoms with E-state index in [0.29, 0.717) is 12.3 Å². The zero-order chi connectivity index (χ0) is 11.4. The summed E-state index contributed by atoms with van der Waals surface area (Å²) in [6.07, 6.45) is 3.77. The number of aryl methyl sites for hydroxylation is 1. The Morgan fingerprint density at radius 3 is 3.25 bits per heavy atom. The highest BCUT2D eigenvalue weighted by Gasteiger charge is 2.23. The number of hydrogen-bond donors (Lipinski definition) is 0. The first-order valence-corrected chi connectivity index (χ1v) is 6.67. The third kappa shape index (κ3) is 2.81. The molecule has 0 spiro atoms. The molecule has 2 rings (SSSR count). The lowest BCUT2D eigenvalue weighted by atomic mass is 10.1. The topological polar surface area (TPSA) is 39.9 Å². The maximum absolute atomic E-state index is 8.48. The van der Waals surface area contributed by atoms with E-state index in [2.05, 4.69) is 28.4 Å². The highest BCUT2D eigenvalue weighted by molar-refractivity contribution is 7.09. The Morgan fingerprint density at radius 2 is 2.56 bits per heavy atom. The van der Waals surface area contributed by atoms with Crippen LogP contribution in [0.15, 0.2) is 5.38 Å². The molecule has 1 aliphatic heterocycles. The molecule has 0 amide bonds. The molecule has 1 aromatic rings. The Bertz CT molecular complexity index is 380. The summed E-state index contributed by atoms with van der Waals surface area (Å²) in [5.41, 5.74) is 1.27. The van der Waals surface area contributed by atoms with Crippen molar-refractivity contribution in [2.75, 3.05) is 20.1 Å². The van der Waals surface area contributed by atoms with E-state index in [0.717, 1.165) is 19.4 Å². The van der Waals surface area contributed by atoms with Crippen molar-refractivity contribution in [3.63, 3.8) is 0 Å².